The van der Waals surface area contributed by atoms with E-state index in [1.165, 1.54) is 42.5 Å². The fourth-order valence-electron chi connectivity index (χ4n) is 1.74. The number of amides is 1. The van der Waals surface area contributed by atoms with Crippen molar-refractivity contribution in [3.05, 3.63) is 59.7 Å². The molecule has 2 rings (SSSR count). The van der Waals surface area contributed by atoms with Gasteiger partial charge in [0.2, 0.25) is 5.91 Å². The summed E-state index contributed by atoms with van der Waals surface area (Å²) in [6.45, 7) is 0. The molecule has 0 spiro atoms. The minimum Gasteiger partial charge on any atom is -0.366 e. The highest BCUT2D eigenvalue weighted by molar-refractivity contribution is 7.92. The fraction of sp³-hybridized carbons (Fsp3) is 0. The molecule has 0 saturated heterocycles. The lowest BCUT2D eigenvalue weighted by Gasteiger charge is -2.09. The molecule has 2 aromatic carbocycles. The van der Waals surface area contributed by atoms with E-state index in [1.54, 1.807) is 6.07 Å². The maximum Gasteiger partial charge on any atom is 0.263 e. The Hall–Kier alpha value is -2.85. The van der Waals surface area contributed by atoms with Crippen LogP contribution in [0.3, 0.4) is 0 Å². The van der Waals surface area contributed by atoms with Crippen LogP contribution in [-0.4, -0.2) is 14.3 Å². The first kappa shape index (κ1) is 14.6. The van der Waals surface area contributed by atoms with Crippen LogP contribution >= 0.6 is 0 Å². The SMILES string of the molecule is N#Cc1ccccc1S(=O)(=O)Nc1cccc(C(N)=O)c1. The molecule has 0 fully saturated rings. The first-order valence-electron chi connectivity index (χ1n) is 5.86. The third-order valence-electron chi connectivity index (χ3n) is 2.70. The second kappa shape index (κ2) is 5.64. The summed E-state index contributed by atoms with van der Waals surface area (Å²) in [5, 5.41) is 8.96. The van der Waals surface area contributed by atoms with Gasteiger partial charge in [-0.15, -0.1) is 0 Å². The second-order valence-electron chi connectivity index (χ2n) is 4.16. The summed E-state index contributed by atoms with van der Waals surface area (Å²) in [5.41, 5.74) is 5.56. The number of rotatable bonds is 4. The summed E-state index contributed by atoms with van der Waals surface area (Å²) in [6.07, 6.45) is 0. The van der Waals surface area contributed by atoms with Crippen LogP contribution in [0, 0.1) is 11.3 Å². The number of hydrogen-bond donors (Lipinski definition) is 2. The van der Waals surface area contributed by atoms with E-state index in [2.05, 4.69) is 4.72 Å². The van der Waals surface area contributed by atoms with Gasteiger partial charge in [-0.05, 0) is 30.3 Å². The van der Waals surface area contributed by atoms with Crippen LogP contribution in [0.1, 0.15) is 15.9 Å². The lowest BCUT2D eigenvalue weighted by atomic mass is 10.2. The third kappa shape index (κ3) is 3.19. The van der Waals surface area contributed by atoms with Crippen molar-refractivity contribution in [2.24, 2.45) is 5.73 Å². The Bertz CT molecular complexity index is 839. The Morgan fingerprint density at radius 1 is 1.14 bits per heavy atom. The molecule has 0 aliphatic carbocycles. The van der Waals surface area contributed by atoms with E-state index in [0.717, 1.165) is 0 Å². The quantitative estimate of drug-likeness (QED) is 0.889. The Morgan fingerprint density at radius 2 is 1.86 bits per heavy atom. The van der Waals surface area contributed by atoms with E-state index in [4.69, 9.17) is 11.0 Å². The summed E-state index contributed by atoms with van der Waals surface area (Å²) in [6, 6.07) is 13.5. The Morgan fingerprint density at radius 3 is 2.52 bits per heavy atom. The summed E-state index contributed by atoms with van der Waals surface area (Å²) >= 11 is 0. The van der Waals surface area contributed by atoms with Crippen LogP contribution in [0.25, 0.3) is 0 Å². The Labute approximate surface area is 121 Å². The highest BCUT2D eigenvalue weighted by Crippen LogP contribution is 2.19. The molecule has 0 aromatic heterocycles. The zero-order valence-electron chi connectivity index (χ0n) is 10.8. The van der Waals surface area contributed by atoms with E-state index in [0.29, 0.717) is 0 Å². The third-order valence-corrected chi connectivity index (χ3v) is 4.14. The summed E-state index contributed by atoms with van der Waals surface area (Å²) < 4.78 is 26.9. The molecule has 3 N–H and O–H groups in total. The van der Waals surface area contributed by atoms with E-state index < -0.39 is 15.9 Å². The van der Waals surface area contributed by atoms with Gasteiger partial charge in [0.25, 0.3) is 10.0 Å². The van der Waals surface area contributed by atoms with Crippen molar-refractivity contribution < 1.29 is 13.2 Å². The predicted molar refractivity (Wildman–Crippen MR) is 76.9 cm³/mol. The average Bonchev–Trinajstić information content (AvgIpc) is 2.47. The number of primary amides is 1. The molecule has 0 unspecified atom stereocenters. The van der Waals surface area contributed by atoms with Gasteiger partial charge in [0, 0.05) is 11.3 Å². The van der Waals surface area contributed by atoms with E-state index in [1.807, 2.05) is 6.07 Å². The highest BCUT2D eigenvalue weighted by atomic mass is 32.2. The van der Waals surface area contributed by atoms with Gasteiger partial charge in [-0.2, -0.15) is 5.26 Å². The van der Waals surface area contributed by atoms with Gasteiger partial charge >= 0.3 is 0 Å². The molecule has 0 aliphatic rings. The first-order chi connectivity index (χ1) is 9.94. The number of nitriles is 1. The number of nitrogens with one attached hydrogen (secondary N) is 1. The molecular formula is C14H11N3O3S. The number of hydrogen-bond acceptors (Lipinski definition) is 4. The van der Waals surface area contributed by atoms with Crippen molar-refractivity contribution in [1.82, 2.24) is 0 Å². The number of nitrogens with zero attached hydrogens (tertiary/aromatic N) is 1. The molecule has 0 saturated carbocycles. The van der Waals surface area contributed by atoms with Crippen molar-refractivity contribution in [1.29, 1.82) is 5.26 Å². The topological polar surface area (TPSA) is 113 Å². The van der Waals surface area contributed by atoms with Gasteiger partial charge in [0.15, 0.2) is 0 Å². The van der Waals surface area contributed by atoms with Crippen molar-refractivity contribution >= 4 is 21.6 Å². The number of sulfonamides is 1. The minimum atomic E-state index is -3.92. The summed E-state index contributed by atoms with van der Waals surface area (Å²) in [4.78, 5) is 11.0. The number of anilines is 1. The van der Waals surface area contributed by atoms with Crippen molar-refractivity contribution in [3.63, 3.8) is 0 Å². The van der Waals surface area contributed by atoms with Gasteiger partial charge in [-0.1, -0.05) is 18.2 Å². The predicted octanol–water partition coefficient (Wildman–Crippen LogP) is 1.46. The maximum absolute atomic E-state index is 12.3. The Balaban J connectivity index is 2.41. The highest BCUT2D eigenvalue weighted by Gasteiger charge is 2.18. The van der Waals surface area contributed by atoms with Gasteiger partial charge in [-0.25, -0.2) is 8.42 Å². The van der Waals surface area contributed by atoms with Crippen molar-refractivity contribution in [2.45, 2.75) is 4.90 Å². The molecule has 0 atom stereocenters. The standard InChI is InChI=1S/C14H11N3O3S/c15-9-11-4-1-2-7-13(11)21(19,20)17-12-6-3-5-10(8-12)14(16)18/h1-8,17H,(H2,16,18). The van der Waals surface area contributed by atoms with Crippen LogP contribution in [-0.2, 0) is 10.0 Å². The molecular weight excluding hydrogens is 290 g/mol. The van der Waals surface area contributed by atoms with Crippen molar-refractivity contribution in [2.75, 3.05) is 4.72 Å². The van der Waals surface area contributed by atoms with Crippen LogP contribution in [0.4, 0.5) is 5.69 Å². The number of carbonyl (C=O) groups is 1. The van der Waals surface area contributed by atoms with E-state index >= 15 is 0 Å². The molecule has 0 aliphatic heterocycles. The molecule has 2 aromatic rings. The van der Waals surface area contributed by atoms with Crippen LogP contribution in [0.15, 0.2) is 53.4 Å². The Kier molecular flexibility index (Phi) is 3.91. The number of benzene rings is 2. The number of carbonyl (C=O) groups excluding carboxylic acids is 1. The lowest BCUT2D eigenvalue weighted by molar-refractivity contribution is 0.100. The smallest absolute Gasteiger partial charge is 0.263 e. The normalized spacial score (nSPS) is 10.6. The summed E-state index contributed by atoms with van der Waals surface area (Å²) in [7, 11) is -3.92. The van der Waals surface area contributed by atoms with Gasteiger partial charge in [0.1, 0.15) is 11.0 Å². The van der Waals surface area contributed by atoms with E-state index in [-0.39, 0.29) is 21.7 Å². The first-order valence-corrected chi connectivity index (χ1v) is 7.34. The minimum absolute atomic E-state index is 0.0380. The average molecular weight is 301 g/mol. The molecule has 106 valence electrons. The maximum atomic E-state index is 12.3. The second-order valence-corrected chi connectivity index (χ2v) is 5.81. The molecule has 1 amide bonds. The monoisotopic (exact) mass is 301 g/mol. The fourth-order valence-corrected chi connectivity index (χ4v) is 2.95. The molecule has 0 radical (unpaired) electrons. The summed E-state index contributed by atoms with van der Waals surface area (Å²) in [5.74, 6) is -0.659. The van der Waals surface area contributed by atoms with Gasteiger partial charge in [0.05, 0.1) is 5.56 Å². The van der Waals surface area contributed by atoms with Crippen LogP contribution < -0.4 is 10.5 Å². The van der Waals surface area contributed by atoms with E-state index in [9.17, 15) is 13.2 Å². The molecule has 7 heteroatoms. The van der Waals surface area contributed by atoms with Crippen molar-refractivity contribution in [3.8, 4) is 6.07 Å². The zero-order valence-corrected chi connectivity index (χ0v) is 11.6. The largest absolute Gasteiger partial charge is 0.366 e. The van der Waals surface area contributed by atoms with Gasteiger partial charge < -0.3 is 5.73 Å². The van der Waals surface area contributed by atoms with Crippen LogP contribution in [0.2, 0.25) is 0 Å². The molecule has 6 nitrogen and oxygen atoms in total. The lowest BCUT2D eigenvalue weighted by Crippen LogP contribution is -2.16. The molecule has 0 bridgehead atoms. The number of nitrogens with two attached hydrogens (primary N) is 1. The zero-order chi connectivity index (χ0) is 15.5. The molecule has 21 heavy (non-hydrogen) atoms. The van der Waals surface area contributed by atoms with Gasteiger partial charge in [-0.3, -0.25) is 9.52 Å². The molecule has 0 heterocycles. The van der Waals surface area contributed by atoms with Crippen LogP contribution in [0.5, 0.6) is 0 Å².